The van der Waals surface area contributed by atoms with Crippen LogP contribution in [0.3, 0.4) is 0 Å². The molecule has 0 aliphatic carbocycles. The highest BCUT2D eigenvalue weighted by molar-refractivity contribution is 5.86. The van der Waals surface area contributed by atoms with Crippen LogP contribution >= 0.6 is 0 Å². The second-order valence-corrected chi connectivity index (χ2v) is 6.57. The van der Waals surface area contributed by atoms with Gasteiger partial charge in [0.25, 0.3) is 0 Å². The SMILES string of the molecule is Fc1cccc(Nc2cccc(F)c2N(c2cccc(F)c2)c2cccc(F)c2)c1. The molecule has 0 radical (unpaired) electrons. The van der Waals surface area contributed by atoms with Gasteiger partial charge in [-0.2, -0.15) is 0 Å². The molecule has 0 unspecified atom stereocenters. The molecule has 4 aromatic rings. The smallest absolute Gasteiger partial charge is 0.149 e. The van der Waals surface area contributed by atoms with Crippen molar-refractivity contribution in [1.82, 2.24) is 0 Å². The molecule has 30 heavy (non-hydrogen) atoms. The van der Waals surface area contributed by atoms with Crippen LogP contribution in [0.15, 0.2) is 91.0 Å². The molecule has 0 saturated heterocycles. The van der Waals surface area contributed by atoms with Crippen molar-refractivity contribution in [1.29, 1.82) is 0 Å². The molecule has 150 valence electrons. The fraction of sp³-hybridized carbons (Fsp3) is 0. The van der Waals surface area contributed by atoms with E-state index >= 15 is 4.39 Å². The van der Waals surface area contributed by atoms with Gasteiger partial charge in [-0.25, -0.2) is 17.6 Å². The predicted molar refractivity (Wildman–Crippen MR) is 111 cm³/mol. The molecular formula is C24H16F4N2. The van der Waals surface area contributed by atoms with Crippen LogP contribution in [0, 0.1) is 23.3 Å². The Balaban J connectivity index is 1.91. The van der Waals surface area contributed by atoms with E-state index in [2.05, 4.69) is 5.32 Å². The lowest BCUT2D eigenvalue weighted by Gasteiger charge is -2.28. The lowest BCUT2D eigenvalue weighted by Crippen LogP contribution is -2.14. The van der Waals surface area contributed by atoms with Gasteiger partial charge >= 0.3 is 0 Å². The van der Waals surface area contributed by atoms with Crippen LogP contribution < -0.4 is 10.2 Å². The van der Waals surface area contributed by atoms with Gasteiger partial charge in [0.2, 0.25) is 0 Å². The molecule has 0 heterocycles. The van der Waals surface area contributed by atoms with Crippen molar-refractivity contribution in [2.75, 3.05) is 10.2 Å². The summed E-state index contributed by atoms with van der Waals surface area (Å²) in [6.45, 7) is 0. The summed E-state index contributed by atoms with van der Waals surface area (Å²) < 4.78 is 56.7. The molecule has 2 nitrogen and oxygen atoms in total. The normalized spacial score (nSPS) is 10.7. The minimum absolute atomic E-state index is 0.0398. The summed E-state index contributed by atoms with van der Waals surface area (Å²) in [6.07, 6.45) is 0. The zero-order valence-electron chi connectivity index (χ0n) is 15.6. The third-order valence-electron chi connectivity index (χ3n) is 4.45. The van der Waals surface area contributed by atoms with E-state index in [4.69, 9.17) is 0 Å². The van der Waals surface area contributed by atoms with Crippen molar-refractivity contribution in [3.63, 3.8) is 0 Å². The number of rotatable bonds is 5. The molecule has 0 atom stereocenters. The highest BCUT2D eigenvalue weighted by Crippen LogP contribution is 2.41. The van der Waals surface area contributed by atoms with Gasteiger partial charge in [-0.15, -0.1) is 0 Å². The maximum atomic E-state index is 15.1. The third kappa shape index (κ3) is 4.12. The van der Waals surface area contributed by atoms with Crippen molar-refractivity contribution in [2.24, 2.45) is 0 Å². The summed E-state index contributed by atoms with van der Waals surface area (Å²) in [5.74, 6) is -2.12. The summed E-state index contributed by atoms with van der Waals surface area (Å²) in [7, 11) is 0. The largest absolute Gasteiger partial charge is 0.354 e. The molecule has 0 spiro atoms. The Kier molecular flexibility index (Phi) is 5.39. The van der Waals surface area contributed by atoms with E-state index in [1.165, 1.54) is 71.6 Å². The number of nitrogens with one attached hydrogen (secondary N) is 1. The van der Waals surface area contributed by atoms with Crippen LogP contribution in [-0.4, -0.2) is 0 Å². The predicted octanol–water partition coefficient (Wildman–Crippen LogP) is 7.46. The number of halogens is 4. The number of benzene rings is 4. The minimum atomic E-state index is -0.620. The van der Waals surface area contributed by atoms with Crippen molar-refractivity contribution in [3.8, 4) is 0 Å². The summed E-state index contributed by atoms with van der Waals surface area (Å²) >= 11 is 0. The van der Waals surface area contributed by atoms with Crippen molar-refractivity contribution >= 4 is 28.4 Å². The van der Waals surface area contributed by atoms with Crippen LogP contribution in [0.25, 0.3) is 0 Å². The lowest BCUT2D eigenvalue weighted by atomic mass is 10.1. The molecule has 1 N–H and O–H groups in total. The van der Waals surface area contributed by atoms with Gasteiger partial charge in [0, 0.05) is 17.1 Å². The van der Waals surface area contributed by atoms with Crippen molar-refractivity contribution in [2.45, 2.75) is 0 Å². The first-order valence-corrected chi connectivity index (χ1v) is 9.13. The number of nitrogens with zero attached hydrogens (tertiary/aromatic N) is 1. The molecule has 0 bridgehead atoms. The van der Waals surface area contributed by atoms with E-state index in [0.29, 0.717) is 22.7 Å². The van der Waals surface area contributed by atoms with Crippen molar-refractivity contribution in [3.05, 3.63) is 114 Å². The average molecular weight is 408 g/mol. The summed E-state index contributed by atoms with van der Waals surface area (Å²) in [5, 5.41) is 2.99. The number of hydrogen-bond acceptors (Lipinski definition) is 2. The minimum Gasteiger partial charge on any atom is -0.354 e. The Morgan fingerprint density at radius 2 is 1.10 bits per heavy atom. The fourth-order valence-electron chi connectivity index (χ4n) is 3.20. The second-order valence-electron chi connectivity index (χ2n) is 6.57. The van der Waals surface area contributed by atoms with E-state index in [9.17, 15) is 13.2 Å². The Morgan fingerprint density at radius 1 is 0.567 bits per heavy atom. The standard InChI is InChI=1S/C24H16F4N2/c25-16-5-1-8-19(13-16)29-23-12-4-11-22(28)24(23)30(20-9-2-6-17(26)14-20)21-10-3-7-18(27)15-21/h1-15,29H. The molecule has 0 aliphatic heterocycles. The molecule has 0 fully saturated rings. The molecule has 0 aliphatic rings. The maximum Gasteiger partial charge on any atom is 0.149 e. The Morgan fingerprint density at radius 3 is 1.67 bits per heavy atom. The van der Waals surface area contributed by atoms with Gasteiger partial charge in [-0.3, -0.25) is 0 Å². The molecule has 4 aromatic carbocycles. The number of para-hydroxylation sites is 1. The van der Waals surface area contributed by atoms with E-state index in [1.54, 1.807) is 24.3 Å². The van der Waals surface area contributed by atoms with Crippen LogP contribution in [0.1, 0.15) is 0 Å². The summed E-state index contributed by atoms with van der Waals surface area (Å²) in [6, 6.07) is 21.2. The molecule has 0 saturated carbocycles. The number of hydrogen-bond donors (Lipinski definition) is 1. The van der Waals surface area contributed by atoms with Crippen LogP contribution in [0.5, 0.6) is 0 Å². The Bertz CT molecular complexity index is 1150. The molecule has 0 amide bonds. The first kappa shape index (κ1) is 19.5. The van der Waals surface area contributed by atoms with E-state index < -0.39 is 23.3 Å². The van der Waals surface area contributed by atoms with Gasteiger partial charge in [0.1, 0.15) is 29.0 Å². The van der Waals surface area contributed by atoms with E-state index in [1.807, 2.05) is 0 Å². The van der Waals surface area contributed by atoms with Gasteiger partial charge < -0.3 is 10.2 Å². The van der Waals surface area contributed by atoms with Gasteiger partial charge in [0.05, 0.1) is 5.69 Å². The van der Waals surface area contributed by atoms with Crippen LogP contribution in [0.4, 0.5) is 46.0 Å². The average Bonchev–Trinajstić information content (AvgIpc) is 2.71. The second kappa shape index (κ2) is 8.29. The maximum absolute atomic E-state index is 15.1. The Hall–Kier alpha value is -3.80. The van der Waals surface area contributed by atoms with Gasteiger partial charge in [-0.1, -0.05) is 24.3 Å². The van der Waals surface area contributed by atoms with Crippen molar-refractivity contribution < 1.29 is 17.6 Å². The third-order valence-corrected chi connectivity index (χ3v) is 4.45. The fourth-order valence-corrected chi connectivity index (χ4v) is 3.20. The van der Waals surface area contributed by atoms with Gasteiger partial charge in [0.15, 0.2) is 0 Å². The van der Waals surface area contributed by atoms with Gasteiger partial charge in [-0.05, 0) is 66.7 Å². The van der Waals surface area contributed by atoms with Crippen LogP contribution in [0.2, 0.25) is 0 Å². The Labute approximate surface area is 171 Å². The van der Waals surface area contributed by atoms with Crippen LogP contribution in [-0.2, 0) is 0 Å². The lowest BCUT2D eigenvalue weighted by molar-refractivity contribution is 0.622. The monoisotopic (exact) mass is 408 g/mol. The highest BCUT2D eigenvalue weighted by atomic mass is 19.1. The molecule has 6 heteroatoms. The van der Waals surface area contributed by atoms with E-state index in [0.717, 1.165) is 0 Å². The van der Waals surface area contributed by atoms with E-state index in [-0.39, 0.29) is 5.69 Å². The molecule has 4 rings (SSSR count). The summed E-state index contributed by atoms with van der Waals surface area (Å²) in [4.78, 5) is 1.41. The topological polar surface area (TPSA) is 15.3 Å². The highest BCUT2D eigenvalue weighted by Gasteiger charge is 2.21. The first-order valence-electron chi connectivity index (χ1n) is 9.13. The zero-order chi connectivity index (χ0) is 21.1. The molecule has 0 aromatic heterocycles. The summed E-state index contributed by atoms with van der Waals surface area (Å²) in [5.41, 5.74) is 1.34. The molecular weight excluding hydrogens is 392 g/mol. The zero-order valence-corrected chi connectivity index (χ0v) is 15.6. The quantitative estimate of drug-likeness (QED) is 0.345. The first-order chi connectivity index (χ1) is 14.5. The number of anilines is 5.